The summed E-state index contributed by atoms with van der Waals surface area (Å²) < 4.78 is 6.48. The minimum atomic E-state index is -0.299. The Morgan fingerprint density at radius 3 is 2.69 bits per heavy atom. The number of rotatable bonds is 10. The fourth-order valence-electron chi connectivity index (χ4n) is 2.18. The first-order chi connectivity index (χ1) is 12.5. The molecule has 140 valence electrons. The molecule has 0 aliphatic carbocycles. The number of nitrogens with zero attached hydrogens (tertiary/aromatic N) is 2. The molecule has 0 unspecified atom stereocenters. The van der Waals surface area contributed by atoms with Crippen LogP contribution in [-0.4, -0.2) is 45.9 Å². The minimum Gasteiger partial charge on any atom is -0.385 e. The van der Waals surface area contributed by atoms with Crippen LogP contribution in [0.15, 0.2) is 34.2 Å². The highest BCUT2D eigenvalue weighted by atomic mass is 32.2. The van der Waals surface area contributed by atoms with Crippen LogP contribution in [0.1, 0.15) is 30.1 Å². The summed E-state index contributed by atoms with van der Waals surface area (Å²) in [6, 6.07) is 6.73. The van der Waals surface area contributed by atoms with Crippen molar-refractivity contribution in [1.29, 1.82) is 0 Å². The Bertz CT molecular complexity index is 798. The lowest BCUT2D eigenvalue weighted by Gasteiger charge is -2.06. The summed E-state index contributed by atoms with van der Waals surface area (Å²) in [7, 11) is 1.60. The summed E-state index contributed by atoms with van der Waals surface area (Å²) in [6.45, 7) is 2.79. The fourth-order valence-corrected chi connectivity index (χ4v) is 3.05. The van der Waals surface area contributed by atoms with Gasteiger partial charge >= 0.3 is 5.69 Å². The van der Waals surface area contributed by atoms with Gasteiger partial charge in [-0.15, -0.1) is 5.10 Å². The highest BCUT2D eigenvalue weighted by Crippen LogP contribution is 2.17. The van der Waals surface area contributed by atoms with Crippen molar-refractivity contribution in [3.05, 3.63) is 40.3 Å². The predicted octanol–water partition coefficient (Wildman–Crippen LogP) is 1.93. The number of aromatic nitrogens is 3. The van der Waals surface area contributed by atoms with Gasteiger partial charge in [0, 0.05) is 37.9 Å². The second kappa shape index (κ2) is 9.93. The number of anilines is 1. The molecule has 9 heteroatoms. The van der Waals surface area contributed by atoms with Crippen LogP contribution in [0.5, 0.6) is 0 Å². The number of amides is 1. The summed E-state index contributed by atoms with van der Waals surface area (Å²) in [5.74, 6) is 0.00163. The van der Waals surface area contributed by atoms with Gasteiger partial charge < -0.3 is 10.1 Å². The zero-order valence-corrected chi connectivity index (χ0v) is 15.6. The highest BCUT2D eigenvalue weighted by Gasteiger charge is 2.13. The average molecular weight is 378 g/mol. The lowest BCUT2D eigenvalue weighted by Crippen LogP contribution is -2.18. The van der Waals surface area contributed by atoms with E-state index in [1.54, 1.807) is 38.3 Å². The molecule has 0 saturated carbocycles. The second-order valence-electron chi connectivity index (χ2n) is 5.50. The molecule has 1 amide bonds. The number of Topliss-reactive ketones (excluding diaryl/α,β-unsaturated/α-hetero) is 1. The first-order valence-corrected chi connectivity index (χ1v) is 9.23. The van der Waals surface area contributed by atoms with E-state index in [4.69, 9.17) is 4.74 Å². The van der Waals surface area contributed by atoms with Crippen LogP contribution in [0.25, 0.3) is 0 Å². The number of nitrogens with one attached hydrogen (secondary N) is 2. The van der Waals surface area contributed by atoms with Crippen molar-refractivity contribution >= 4 is 29.1 Å². The van der Waals surface area contributed by atoms with E-state index in [1.807, 2.05) is 0 Å². The number of benzene rings is 1. The van der Waals surface area contributed by atoms with Gasteiger partial charge in [-0.05, 0) is 30.7 Å². The van der Waals surface area contributed by atoms with Crippen LogP contribution in [0.4, 0.5) is 5.69 Å². The van der Waals surface area contributed by atoms with Crippen LogP contribution >= 0.6 is 11.8 Å². The minimum absolute atomic E-state index is 0.0791. The Morgan fingerprint density at radius 2 is 2.04 bits per heavy atom. The van der Waals surface area contributed by atoms with Crippen LogP contribution in [0.2, 0.25) is 0 Å². The molecule has 2 N–H and O–H groups in total. The van der Waals surface area contributed by atoms with E-state index in [0.717, 1.165) is 0 Å². The largest absolute Gasteiger partial charge is 0.385 e. The second-order valence-corrected chi connectivity index (χ2v) is 6.44. The Hall–Kier alpha value is -2.39. The molecule has 0 radical (unpaired) electrons. The molecular formula is C17H22N4O4S. The topological polar surface area (TPSA) is 106 Å². The first-order valence-electron chi connectivity index (χ1n) is 8.25. The normalized spacial score (nSPS) is 10.7. The van der Waals surface area contributed by atoms with Gasteiger partial charge in [0.1, 0.15) is 0 Å². The molecule has 1 aromatic carbocycles. The third kappa shape index (κ3) is 5.57. The molecule has 26 heavy (non-hydrogen) atoms. The van der Waals surface area contributed by atoms with Crippen molar-refractivity contribution < 1.29 is 14.3 Å². The number of aromatic amines is 1. The SMILES string of the molecule is CCC(=O)Nc1ccc(C(=O)CSc2n[nH]c(=O)n2CCCOC)cc1. The highest BCUT2D eigenvalue weighted by molar-refractivity contribution is 7.99. The van der Waals surface area contributed by atoms with Crippen molar-refractivity contribution in [2.75, 3.05) is 24.8 Å². The molecule has 8 nitrogen and oxygen atoms in total. The average Bonchev–Trinajstić information content (AvgIpc) is 3.00. The lowest BCUT2D eigenvalue weighted by atomic mass is 10.1. The van der Waals surface area contributed by atoms with Gasteiger partial charge in [0.15, 0.2) is 10.9 Å². The first kappa shape index (κ1) is 19.9. The smallest absolute Gasteiger partial charge is 0.343 e. The quantitative estimate of drug-likeness (QED) is 0.372. The number of carbonyl (C=O) groups excluding carboxylic acids is 2. The maximum Gasteiger partial charge on any atom is 0.343 e. The maximum atomic E-state index is 12.3. The Labute approximate surface area is 155 Å². The van der Waals surface area contributed by atoms with Gasteiger partial charge in [-0.2, -0.15) is 0 Å². The van der Waals surface area contributed by atoms with Crippen LogP contribution < -0.4 is 11.0 Å². The van der Waals surface area contributed by atoms with E-state index in [2.05, 4.69) is 15.5 Å². The van der Waals surface area contributed by atoms with E-state index in [0.29, 0.717) is 42.4 Å². The predicted molar refractivity (Wildman–Crippen MR) is 99.8 cm³/mol. The monoisotopic (exact) mass is 378 g/mol. The summed E-state index contributed by atoms with van der Waals surface area (Å²) in [5, 5.41) is 9.58. The number of methoxy groups -OCH3 is 1. The van der Waals surface area contributed by atoms with Gasteiger partial charge in [-0.1, -0.05) is 18.7 Å². The molecule has 0 fully saturated rings. The zero-order valence-electron chi connectivity index (χ0n) is 14.8. The molecule has 0 aliphatic heterocycles. The summed E-state index contributed by atoms with van der Waals surface area (Å²) >= 11 is 1.21. The molecule has 0 aliphatic rings. The summed E-state index contributed by atoms with van der Waals surface area (Å²) in [5.41, 5.74) is 0.892. The number of hydrogen-bond acceptors (Lipinski definition) is 6. The summed E-state index contributed by atoms with van der Waals surface area (Å²) in [4.78, 5) is 35.5. The Morgan fingerprint density at radius 1 is 1.31 bits per heavy atom. The number of hydrogen-bond donors (Lipinski definition) is 2. The molecule has 1 heterocycles. The lowest BCUT2D eigenvalue weighted by molar-refractivity contribution is -0.115. The molecule has 2 aromatic rings. The summed E-state index contributed by atoms with van der Waals surface area (Å²) in [6.07, 6.45) is 1.08. The number of thioether (sulfide) groups is 1. The fraction of sp³-hybridized carbons (Fsp3) is 0.412. The molecule has 0 bridgehead atoms. The Balaban J connectivity index is 1.94. The molecule has 1 aromatic heterocycles. The van der Waals surface area contributed by atoms with Gasteiger partial charge in [-0.25, -0.2) is 9.89 Å². The third-order valence-electron chi connectivity index (χ3n) is 3.60. The number of carbonyl (C=O) groups is 2. The van der Waals surface area contributed by atoms with E-state index in [1.165, 1.54) is 16.3 Å². The van der Waals surface area contributed by atoms with Gasteiger partial charge in [0.05, 0.1) is 5.75 Å². The molecular weight excluding hydrogens is 356 g/mol. The van der Waals surface area contributed by atoms with Gasteiger partial charge in [-0.3, -0.25) is 14.2 Å². The number of ketones is 1. The van der Waals surface area contributed by atoms with E-state index in [9.17, 15) is 14.4 Å². The number of ether oxygens (including phenoxy) is 1. The maximum absolute atomic E-state index is 12.3. The van der Waals surface area contributed by atoms with Crippen molar-refractivity contribution in [2.45, 2.75) is 31.5 Å². The third-order valence-corrected chi connectivity index (χ3v) is 4.57. The van der Waals surface area contributed by atoms with E-state index < -0.39 is 0 Å². The van der Waals surface area contributed by atoms with Crippen molar-refractivity contribution in [3.8, 4) is 0 Å². The van der Waals surface area contributed by atoms with E-state index in [-0.39, 0.29) is 23.1 Å². The standard InChI is InChI=1S/C17H22N4O4S/c1-3-15(23)18-13-7-5-12(6-8-13)14(22)11-26-17-20-19-16(24)21(17)9-4-10-25-2/h5-8H,3-4,9-11H2,1-2H3,(H,18,23)(H,19,24). The van der Waals surface area contributed by atoms with Gasteiger partial charge in [0.25, 0.3) is 0 Å². The van der Waals surface area contributed by atoms with Crippen LogP contribution in [0.3, 0.4) is 0 Å². The molecule has 0 saturated heterocycles. The zero-order chi connectivity index (χ0) is 18.9. The number of H-pyrrole nitrogens is 1. The van der Waals surface area contributed by atoms with Crippen LogP contribution in [0, 0.1) is 0 Å². The van der Waals surface area contributed by atoms with E-state index >= 15 is 0 Å². The van der Waals surface area contributed by atoms with Crippen molar-refractivity contribution in [3.63, 3.8) is 0 Å². The Kier molecular flexibility index (Phi) is 7.61. The molecule has 0 spiro atoms. The van der Waals surface area contributed by atoms with Crippen molar-refractivity contribution in [2.24, 2.45) is 0 Å². The molecule has 2 rings (SSSR count). The molecule has 0 atom stereocenters. The van der Waals surface area contributed by atoms with Gasteiger partial charge in [0.2, 0.25) is 5.91 Å². The van der Waals surface area contributed by atoms with Crippen LogP contribution in [-0.2, 0) is 16.1 Å². The van der Waals surface area contributed by atoms with Crippen molar-refractivity contribution in [1.82, 2.24) is 14.8 Å².